The van der Waals surface area contributed by atoms with Gasteiger partial charge in [0.1, 0.15) is 4.88 Å². The van der Waals surface area contributed by atoms with Gasteiger partial charge in [-0.2, -0.15) is 0 Å². The molecule has 1 unspecified atom stereocenters. The number of rotatable bonds is 4. The lowest BCUT2D eigenvalue weighted by Gasteiger charge is -2.09. The Kier molecular flexibility index (Phi) is 4.33. The molecule has 0 bridgehead atoms. The quantitative estimate of drug-likeness (QED) is 0.905. The van der Waals surface area contributed by atoms with Crippen LogP contribution in [0.5, 0.6) is 0 Å². The Bertz CT molecular complexity index is 665. The van der Waals surface area contributed by atoms with Crippen molar-refractivity contribution in [2.45, 2.75) is 25.4 Å². The lowest BCUT2D eigenvalue weighted by molar-refractivity contribution is 0.0911. The van der Waals surface area contributed by atoms with Gasteiger partial charge >= 0.3 is 0 Å². The Labute approximate surface area is 132 Å². The van der Waals surface area contributed by atoms with Gasteiger partial charge in [0.15, 0.2) is 0 Å². The number of hydrogen-bond acceptors (Lipinski definition) is 4. The summed E-state index contributed by atoms with van der Waals surface area (Å²) >= 11 is 7.53. The Morgan fingerprint density at radius 1 is 1.52 bits per heavy atom. The van der Waals surface area contributed by atoms with Crippen LogP contribution in [0.1, 0.15) is 28.9 Å². The number of halogens is 1. The van der Waals surface area contributed by atoms with E-state index < -0.39 is 0 Å². The van der Waals surface area contributed by atoms with Gasteiger partial charge in [-0.3, -0.25) is 4.79 Å². The van der Waals surface area contributed by atoms with Crippen LogP contribution in [0.15, 0.2) is 18.2 Å². The third kappa shape index (κ3) is 3.00. The molecule has 1 aliphatic heterocycles. The molecular weight excluding hydrogens is 308 g/mol. The van der Waals surface area contributed by atoms with Gasteiger partial charge in [0.25, 0.3) is 5.91 Å². The third-order valence-electron chi connectivity index (χ3n) is 3.68. The van der Waals surface area contributed by atoms with Crippen LogP contribution in [-0.4, -0.2) is 25.2 Å². The molecule has 2 heterocycles. The predicted octanol–water partition coefficient (Wildman–Crippen LogP) is 3.44. The van der Waals surface area contributed by atoms with Crippen LogP contribution in [0.25, 0.3) is 10.1 Å². The number of carbonyl (C=O) groups is 1. The topological polar surface area (TPSA) is 64.4 Å². The summed E-state index contributed by atoms with van der Waals surface area (Å²) in [7, 11) is 0. The number of carbonyl (C=O) groups excluding carboxylic acids is 1. The van der Waals surface area contributed by atoms with E-state index in [0.29, 0.717) is 22.1 Å². The lowest BCUT2D eigenvalue weighted by Crippen LogP contribution is -2.26. The molecule has 6 heteroatoms. The van der Waals surface area contributed by atoms with Crippen molar-refractivity contribution in [2.24, 2.45) is 0 Å². The van der Waals surface area contributed by atoms with Crippen LogP contribution in [0.3, 0.4) is 0 Å². The molecule has 1 aromatic heterocycles. The van der Waals surface area contributed by atoms with Crippen molar-refractivity contribution in [1.82, 2.24) is 5.32 Å². The molecule has 1 amide bonds. The first kappa shape index (κ1) is 14.6. The van der Waals surface area contributed by atoms with E-state index in [1.165, 1.54) is 11.3 Å². The lowest BCUT2D eigenvalue weighted by atomic mass is 10.2. The van der Waals surface area contributed by atoms with Gasteiger partial charge < -0.3 is 15.8 Å². The summed E-state index contributed by atoms with van der Waals surface area (Å²) in [5.41, 5.74) is 6.54. The summed E-state index contributed by atoms with van der Waals surface area (Å²) in [4.78, 5) is 12.8. The van der Waals surface area contributed by atoms with Crippen LogP contribution >= 0.6 is 22.9 Å². The summed E-state index contributed by atoms with van der Waals surface area (Å²) in [6, 6.07) is 5.57. The van der Waals surface area contributed by atoms with Crippen LogP contribution in [0, 0.1) is 0 Å². The SMILES string of the molecule is Nc1c(C(=O)NCCC2CCCO2)sc2cccc(Cl)c12. The average Bonchev–Trinajstić information content (AvgIpc) is 3.08. The van der Waals surface area contributed by atoms with E-state index in [1.807, 2.05) is 12.1 Å². The van der Waals surface area contributed by atoms with Gasteiger partial charge in [-0.15, -0.1) is 11.3 Å². The molecule has 2 aromatic rings. The predicted molar refractivity (Wildman–Crippen MR) is 87.2 cm³/mol. The van der Waals surface area contributed by atoms with E-state index in [4.69, 9.17) is 22.1 Å². The van der Waals surface area contributed by atoms with Crippen molar-refractivity contribution in [3.05, 3.63) is 28.1 Å². The monoisotopic (exact) mass is 324 g/mol. The number of amides is 1. The largest absolute Gasteiger partial charge is 0.397 e. The van der Waals surface area contributed by atoms with Gasteiger partial charge in [-0.1, -0.05) is 17.7 Å². The van der Waals surface area contributed by atoms with Gasteiger partial charge in [-0.05, 0) is 31.4 Å². The molecule has 0 radical (unpaired) electrons. The van der Waals surface area contributed by atoms with E-state index >= 15 is 0 Å². The van der Waals surface area contributed by atoms with E-state index in [-0.39, 0.29) is 12.0 Å². The van der Waals surface area contributed by atoms with E-state index in [2.05, 4.69) is 5.32 Å². The van der Waals surface area contributed by atoms with Crippen LogP contribution in [0.2, 0.25) is 5.02 Å². The Balaban J connectivity index is 1.69. The van der Waals surface area contributed by atoms with E-state index in [0.717, 1.165) is 36.0 Å². The standard InChI is InChI=1S/C15H17ClN2O2S/c16-10-4-1-5-11-12(10)13(17)14(21-11)15(19)18-7-6-9-3-2-8-20-9/h1,4-5,9H,2-3,6-8,17H2,(H,18,19). The highest BCUT2D eigenvalue weighted by Gasteiger charge is 2.19. The summed E-state index contributed by atoms with van der Waals surface area (Å²) in [5, 5.41) is 4.27. The number of thiophene rings is 1. The molecule has 112 valence electrons. The Morgan fingerprint density at radius 3 is 3.10 bits per heavy atom. The molecule has 1 saturated heterocycles. The highest BCUT2D eigenvalue weighted by atomic mass is 35.5. The zero-order valence-corrected chi connectivity index (χ0v) is 13.1. The highest BCUT2D eigenvalue weighted by molar-refractivity contribution is 7.21. The summed E-state index contributed by atoms with van der Waals surface area (Å²) < 4.78 is 6.47. The first-order valence-corrected chi connectivity index (χ1v) is 8.22. The first-order chi connectivity index (χ1) is 10.2. The second-order valence-electron chi connectivity index (χ2n) is 5.14. The average molecular weight is 325 g/mol. The summed E-state index contributed by atoms with van der Waals surface area (Å²) in [5.74, 6) is -0.136. The minimum atomic E-state index is -0.136. The van der Waals surface area contributed by atoms with Crippen LogP contribution < -0.4 is 11.1 Å². The summed E-state index contributed by atoms with van der Waals surface area (Å²) in [6.45, 7) is 1.44. The summed E-state index contributed by atoms with van der Waals surface area (Å²) in [6.07, 6.45) is 3.31. The fraction of sp³-hybridized carbons (Fsp3) is 0.400. The smallest absolute Gasteiger partial charge is 0.263 e. The molecule has 1 atom stereocenters. The third-order valence-corrected chi connectivity index (χ3v) is 5.17. The molecule has 0 saturated carbocycles. The van der Waals surface area contributed by atoms with E-state index in [9.17, 15) is 4.79 Å². The van der Waals surface area contributed by atoms with Crippen LogP contribution in [-0.2, 0) is 4.74 Å². The number of nitrogen functional groups attached to an aromatic ring is 1. The number of nitrogens with two attached hydrogens (primary N) is 1. The molecule has 0 spiro atoms. The molecule has 1 aliphatic rings. The fourth-order valence-corrected chi connectivity index (χ4v) is 3.99. The molecule has 3 N–H and O–H groups in total. The number of benzene rings is 1. The van der Waals surface area contributed by atoms with Crippen molar-refractivity contribution in [1.29, 1.82) is 0 Å². The number of nitrogens with one attached hydrogen (secondary N) is 1. The Morgan fingerprint density at radius 2 is 2.38 bits per heavy atom. The zero-order chi connectivity index (χ0) is 14.8. The van der Waals surface area contributed by atoms with Crippen molar-refractivity contribution in [3.8, 4) is 0 Å². The van der Waals surface area contributed by atoms with Crippen molar-refractivity contribution in [2.75, 3.05) is 18.9 Å². The van der Waals surface area contributed by atoms with Crippen LogP contribution in [0.4, 0.5) is 5.69 Å². The molecule has 3 rings (SSSR count). The maximum absolute atomic E-state index is 12.3. The van der Waals surface area contributed by atoms with Gasteiger partial charge in [0.2, 0.25) is 0 Å². The van der Waals surface area contributed by atoms with Gasteiger partial charge in [0.05, 0.1) is 16.8 Å². The minimum Gasteiger partial charge on any atom is -0.397 e. The Hall–Kier alpha value is -1.30. The van der Waals surface area contributed by atoms with Crippen molar-refractivity contribution in [3.63, 3.8) is 0 Å². The zero-order valence-electron chi connectivity index (χ0n) is 11.5. The normalized spacial score (nSPS) is 18.2. The molecule has 0 aliphatic carbocycles. The van der Waals surface area contributed by atoms with Crippen molar-refractivity contribution >= 4 is 44.6 Å². The highest BCUT2D eigenvalue weighted by Crippen LogP contribution is 2.37. The maximum atomic E-state index is 12.3. The molecular formula is C15H17ClN2O2S. The molecule has 4 nitrogen and oxygen atoms in total. The van der Waals surface area contributed by atoms with Gasteiger partial charge in [0, 0.05) is 23.2 Å². The van der Waals surface area contributed by atoms with E-state index in [1.54, 1.807) is 6.07 Å². The van der Waals surface area contributed by atoms with Crippen molar-refractivity contribution < 1.29 is 9.53 Å². The maximum Gasteiger partial charge on any atom is 0.263 e. The fourth-order valence-electron chi connectivity index (χ4n) is 2.60. The van der Waals surface area contributed by atoms with Gasteiger partial charge in [-0.25, -0.2) is 0 Å². The minimum absolute atomic E-state index is 0.136. The number of fused-ring (bicyclic) bond motifs is 1. The number of ether oxygens (including phenoxy) is 1. The molecule has 21 heavy (non-hydrogen) atoms. The first-order valence-electron chi connectivity index (χ1n) is 7.03. The number of hydrogen-bond donors (Lipinski definition) is 2. The second-order valence-corrected chi connectivity index (χ2v) is 6.60. The molecule has 1 fully saturated rings. The molecule has 1 aromatic carbocycles. The second kappa shape index (κ2) is 6.22. The number of anilines is 1.